The molecular formula is C18H17N5OS. The molecule has 0 radical (unpaired) electrons. The molecule has 6 nitrogen and oxygen atoms in total. The van der Waals surface area contributed by atoms with Crippen LogP contribution in [0.2, 0.25) is 0 Å². The van der Waals surface area contributed by atoms with E-state index in [0.717, 1.165) is 19.5 Å². The van der Waals surface area contributed by atoms with Gasteiger partial charge in [-0.25, -0.2) is 15.0 Å². The van der Waals surface area contributed by atoms with Crippen LogP contribution >= 0.6 is 11.3 Å². The van der Waals surface area contributed by atoms with Gasteiger partial charge in [0.25, 0.3) is 5.56 Å². The summed E-state index contributed by atoms with van der Waals surface area (Å²) in [7, 11) is 1.76. The van der Waals surface area contributed by atoms with Gasteiger partial charge in [-0.1, -0.05) is 12.1 Å². The van der Waals surface area contributed by atoms with Crippen molar-refractivity contribution in [1.82, 2.24) is 19.5 Å². The fourth-order valence-corrected chi connectivity index (χ4v) is 3.70. The van der Waals surface area contributed by atoms with Crippen molar-refractivity contribution in [2.75, 3.05) is 18.0 Å². The Hall–Kier alpha value is -2.80. The number of nitrogens with zero attached hydrogens (tertiary/aromatic N) is 5. The largest absolute Gasteiger partial charge is 0.337 e. The summed E-state index contributed by atoms with van der Waals surface area (Å²) in [6.07, 6.45) is 6.32. The van der Waals surface area contributed by atoms with E-state index >= 15 is 0 Å². The zero-order valence-corrected chi connectivity index (χ0v) is 14.6. The highest BCUT2D eigenvalue weighted by Crippen LogP contribution is 2.27. The molecule has 7 heteroatoms. The van der Waals surface area contributed by atoms with Crippen LogP contribution in [-0.4, -0.2) is 32.6 Å². The summed E-state index contributed by atoms with van der Waals surface area (Å²) in [6, 6.07) is 7.47. The standard InChI is InChI=1S/C18H17N5OS/c1-22-17(24)10-15(14-6-7-19-12-20-14)21-18(22)23-8-2-4-13(11-23)16-5-3-9-25-16/h3-7,9-10,12H,2,8,11H2,1H3. The highest BCUT2D eigenvalue weighted by atomic mass is 32.1. The number of hydrogen-bond donors (Lipinski definition) is 0. The van der Waals surface area contributed by atoms with Crippen molar-refractivity contribution in [2.24, 2.45) is 7.05 Å². The van der Waals surface area contributed by atoms with E-state index in [2.05, 4.69) is 38.5 Å². The molecule has 3 aromatic heterocycles. The smallest absolute Gasteiger partial charge is 0.255 e. The van der Waals surface area contributed by atoms with Crippen LogP contribution in [0.3, 0.4) is 0 Å². The molecule has 0 spiro atoms. The predicted molar refractivity (Wildman–Crippen MR) is 99.6 cm³/mol. The summed E-state index contributed by atoms with van der Waals surface area (Å²) in [5.41, 5.74) is 2.42. The molecule has 4 heterocycles. The predicted octanol–water partition coefficient (Wildman–Crippen LogP) is 2.59. The summed E-state index contributed by atoms with van der Waals surface area (Å²) in [5.74, 6) is 0.670. The lowest BCUT2D eigenvalue weighted by molar-refractivity contribution is 0.727. The van der Waals surface area contributed by atoms with Crippen LogP contribution < -0.4 is 10.5 Å². The van der Waals surface area contributed by atoms with Crippen LogP contribution in [0, 0.1) is 0 Å². The SMILES string of the molecule is Cn1c(N2CCC=C(c3cccs3)C2)nc(-c2ccncn2)cc1=O. The number of rotatable bonds is 3. The van der Waals surface area contributed by atoms with Gasteiger partial charge in [-0.2, -0.15) is 0 Å². The third kappa shape index (κ3) is 3.10. The highest BCUT2D eigenvalue weighted by Gasteiger charge is 2.20. The van der Waals surface area contributed by atoms with E-state index in [-0.39, 0.29) is 5.56 Å². The molecule has 0 N–H and O–H groups in total. The third-order valence-corrected chi connectivity index (χ3v) is 5.17. The Morgan fingerprint density at radius 1 is 1.24 bits per heavy atom. The minimum Gasteiger partial charge on any atom is -0.337 e. The fourth-order valence-electron chi connectivity index (χ4n) is 2.94. The van der Waals surface area contributed by atoms with Crippen molar-refractivity contribution in [2.45, 2.75) is 6.42 Å². The van der Waals surface area contributed by atoms with Gasteiger partial charge in [0.1, 0.15) is 6.33 Å². The molecule has 126 valence electrons. The number of anilines is 1. The van der Waals surface area contributed by atoms with E-state index in [0.29, 0.717) is 17.3 Å². The average Bonchev–Trinajstić information content (AvgIpc) is 3.19. The number of hydrogen-bond acceptors (Lipinski definition) is 6. The van der Waals surface area contributed by atoms with Gasteiger partial charge in [0.05, 0.1) is 11.4 Å². The second-order valence-corrected chi connectivity index (χ2v) is 6.80. The normalized spacial score (nSPS) is 14.4. The minimum absolute atomic E-state index is 0.0918. The van der Waals surface area contributed by atoms with Crippen LogP contribution in [0.25, 0.3) is 17.0 Å². The van der Waals surface area contributed by atoms with Gasteiger partial charge >= 0.3 is 0 Å². The molecule has 3 aromatic rings. The van der Waals surface area contributed by atoms with E-state index in [1.54, 1.807) is 35.2 Å². The van der Waals surface area contributed by atoms with Crippen LogP contribution in [0.1, 0.15) is 11.3 Å². The maximum atomic E-state index is 12.4. The minimum atomic E-state index is -0.0918. The van der Waals surface area contributed by atoms with Crippen molar-refractivity contribution < 1.29 is 0 Å². The van der Waals surface area contributed by atoms with Crippen molar-refractivity contribution >= 4 is 22.9 Å². The molecular weight excluding hydrogens is 334 g/mol. The maximum absolute atomic E-state index is 12.4. The first-order chi connectivity index (χ1) is 12.2. The zero-order valence-electron chi connectivity index (χ0n) is 13.8. The lowest BCUT2D eigenvalue weighted by atomic mass is 10.1. The summed E-state index contributed by atoms with van der Waals surface area (Å²) in [4.78, 5) is 28.7. The molecule has 4 rings (SSSR count). The summed E-state index contributed by atoms with van der Waals surface area (Å²) in [6.45, 7) is 1.58. The summed E-state index contributed by atoms with van der Waals surface area (Å²) in [5, 5.41) is 2.08. The molecule has 0 atom stereocenters. The molecule has 1 aliphatic rings. The monoisotopic (exact) mass is 351 g/mol. The number of thiophene rings is 1. The van der Waals surface area contributed by atoms with Crippen molar-refractivity contribution in [3.63, 3.8) is 0 Å². The van der Waals surface area contributed by atoms with Crippen molar-refractivity contribution in [1.29, 1.82) is 0 Å². The van der Waals surface area contributed by atoms with Crippen molar-refractivity contribution in [3.05, 3.63) is 63.5 Å². The molecule has 1 aliphatic heterocycles. The topological polar surface area (TPSA) is 63.9 Å². The Balaban J connectivity index is 1.72. The molecule has 0 saturated carbocycles. The molecule has 0 aromatic carbocycles. The second-order valence-electron chi connectivity index (χ2n) is 5.85. The van der Waals surface area contributed by atoms with Gasteiger partial charge in [-0.3, -0.25) is 9.36 Å². The van der Waals surface area contributed by atoms with E-state index in [9.17, 15) is 4.79 Å². The van der Waals surface area contributed by atoms with Gasteiger partial charge in [-0.15, -0.1) is 11.3 Å². The second kappa shape index (κ2) is 6.60. The maximum Gasteiger partial charge on any atom is 0.255 e. The number of aromatic nitrogens is 4. The first-order valence-corrected chi connectivity index (χ1v) is 8.92. The Kier molecular flexibility index (Phi) is 4.15. The zero-order chi connectivity index (χ0) is 17.2. The first kappa shape index (κ1) is 15.7. The highest BCUT2D eigenvalue weighted by molar-refractivity contribution is 7.11. The molecule has 25 heavy (non-hydrogen) atoms. The van der Waals surface area contributed by atoms with E-state index in [1.165, 1.54) is 22.8 Å². The van der Waals surface area contributed by atoms with E-state index in [1.807, 2.05) is 0 Å². The quantitative estimate of drug-likeness (QED) is 0.726. The molecule has 0 saturated heterocycles. The van der Waals surface area contributed by atoms with Gasteiger partial charge in [0.15, 0.2) is 0 Å². The van der Waals surface area contributed by atoms with Gasteiger partial charge < -0.3 is 4.90 Å². The summed E-state index contributed by atoms with van der Waals surface area (Å²) < 4.78 is 1.60. The van der Waals surface area contributed by atoms with Crippen LogP contribution in [0.15, 0.2) is 53.0 Å². The Morgan fingerprint density at radius 3 is 2.92 bits per heavy atom. The van der Waals surface area contributed by atoms with E-state index < -0.39 is 0 Å². The molecule has 0 aliphatic carbocycles. The fraction of sp³-hybridized carbons (Fsp3) is 0.222. The van der Waals surface area contributed by atoms with Gasteiger partial charge in [-0.05, 0) is 29.5 Å². The molecule has 0 bridgehead atoms. The lowest BCUT2D eigenvalue weighted by Crippen LogP contribution is -2.35. The van der Waals surface area contributed by atoms with Gasteiger partial charge in [0.2, 0.25) is 5.95 Å². The van der Waals surface area contributed by atoms with Gasteiger partial charge in [0, 0.05) is 37.3 Å². The first-order valence-electron chi connectivity index (χ1n) is 8.05. The third-order valence-electron chi connectivity index (χ3n) is 4.23. The Bertz CT molecular complexity index is 963. The average molecular weight is 351 g/mol. The van der Waals surface area contributed by atoms with Crippen LogP contribution in [0.5, 0.6) is 0 Å². The summed E-state index contributed by atoms with van der Waals surface area (Å²) >= 11 is 1.73. The molecule has 0 amide bonds. The Morgan fingerprint density at radius 2 is 2.16 bits per heavy atom. The lowest BCUT2D eigenvalue weighted by Gasteiger charge is -2.29. The molecule has 0 fully saturated rings. The van der Waals surface area contributed by atoms with Crippen molar-refractivity contribution in [3.8, 4) is 11.4 Å². The molecule has 0 unspecified atom stereocenters. The van der Waals surface area contributed by atoms with Crippen LogP contribution in [0.4, 0.5) is 5.95 Å². The van der Waals surface area contributed by atoms with E-state index in [4.69, 9.17) is 4.98 Å². The van der Waals surface area contributed by atoms with Crippen LogP contribution in [-0.2, 0) is 7.05 Å². The Labute approximate surface area is 149 Å².